The van der Waals surface area contributed by atoms with Gasteiger partial charge in [0.2, 0.25) is 0 Å². The van der Waals surface area contributed by atoms with Crippen LogP contribution in [-0.2, 0) is 4.74 Å². The van der Waals surface area contributed by atoms with Gasteiger partial charge in [0.05, 0.1) is 12.0 Å². The second kappa shape index (κ2) is 6.76. The van der Waals surface area contributed by atoms with Crippen LogP contribution in [0.25, 0.3) is 0 Å². The van der Waals surface area contributed by atoms with E-state index in [1.54, 1.807) is 12.1 Å². The summed E-state index contributed by atoms with van der Waals surface area (Å²) in [5, 5.41) is 11.2. The number of benzene rings is 1. The minimum absolute atomic E-state index is 0.0173. The molecule has 1 aromatic rings. The van der Waals surface area contributed by atoms with Crippen molar-refractivity contribution in [2.24, 2.45) is 0 Å². The van der Waals surface area contributed by atoms with Crippen LogP contribution in [0.2, 0.25) is 0 Å². The molecule has 2 heterocycles. The highest BCUT2D eigenvalue weighted by Crippen LogP contribution is 2.32. The average Bonchev–Trinajstić information content (AvgIpc) is 3.06. The Hall–Kier alpha value is -2.15. The predicted octanol–water partition coefficient (Wildman–Crippen LogP) is 2.44. The first-order chi connectivity index (χ1) is 11.5. The Morgan fingerprint density at radius 2 is 2.21 bits per heavy atom. The van der Waals surface area contributed by atoms with Gasteiger partial charge in [-0.1, -0.05) is 6.92 Å². The number of nitro benzene ring substituents is 1. The molecule has 2 aliphatic rings. The molecule has 7 heteroatoms. The van der Waals surface area contributed by atoms with Crippen LogP contribution in [0, 0.1) is 10.1 Å². The highest BCUT2D eigenvalue weighted by molar-refractivity contribution is 5.95. The molecular formula is C17H23N3O4. The summed E-state index contributed by atoms with van der Waals surface area (Å²) >= 11 is 0. The van der Waals surface area contributed by atoms with Crippen LogP contribution >= 0.6 is 0 Å². The van der Waals surface area contributed by atoms with Gasteiger partial charge in [0.1, 0.15) is 5.56 Å². The molecule has 2 fully saturated rings. The molecule has 2 saturated heterocycles. The Morgan fingerprint density at radius 1 is 1.42 bits per heavy atom. The standard InChI is InChI=1S/C17H23N3O4/c1-3-12-10-18-8-4-5-14(18)11-19(12)13-6-7-16(20(22)23)15(9-13)17(21)24-2/h6-7,9,12,14H,3-5,8,10-11H2,1-2H3. The van der Waals surface area contributed by atoms with E-state index in [1.165, 1.54) is 26.0 Å². The van der Waals surface area contributed by atoms with Crippen LogP contribution < -0.4 is 4.90 Å². The van der Waals surface area contributed by atoms with Crippen LogP contribution in [0.4, 0.5) is 11.4 Å². The topological polar surface area (TPSA) is 75.9 Å². The summed E-state index contributed by atoms with van der Waals surface area (Å²) in [7, 11) is 1.24. The van der Waals surface area contributed by atoms with E-state index >= 15 is 0 Å². The van der Waals surface area contributed by atoms with Gasteiger partial charge in [0, 0.05) is 36.9 Å². The normalized spacial score (nSPS) is 23.8. The number of ether oxygens (including phenoxy) is 1. The van der Waals surface area contributed by atoms with E-state index in [0.717, 1.165) is 31.7 Å². The Bertz CT molecular complexity index is 649. The van der Waals surface area contributed by atoms with Crippen molar-refractivity contribution in [2.45, 2.75) is 38.3 Å². The molecule has 130 valence electrons. The number of methoxy groups -OCH3 is 1. The number of hydrogen-bond acceptors (Lipinski definition) is 6. The summed E-state index contributed by atoms with van der Waals surface area (Å²) in [5.74, 6) is -0.670. The molecule has 1 aromatic carbocycles. The smallest absolute Gasteiger partial charge is 0.344 e. The first-order valence-corrected chi connectivity index (χ1v) is 8.42. The molecule has 24 heavy (non-hydrogen) atoms. The predicted molar refractivity (Wildman–Crippen MR) is 90.5 cm³/mol. The quantitative estimate of drug-likeness (QED) is 0.478. The van der Waals surface area contributed by atoms with Gasteiger partial charge < -0.3 is 9.64 Å². The van der Waals surface area contributed by atoms with E-state index in [4.69, 9.17) is 4.74 Å². The number of esters is 1. The lowest BCUT2D eigenvalue weighted by atomic mass is 10.0. The van der Waals surface area contributed by atoms with Crippen molar-refractivity contribution in [2.75, 3.05) is 31.6 Å². The number of carbonyl (C=O) groups excluding carboxylic acids is 1. The third kappa shape index (κ3) is 2.96. The number of nitro groups is 1. The summed E-state index contributed by atoms with van der Waals surface area (Å²) in [6.07, 6.45) is 3.40. The monoisotopic (exact) mass is 333 g/mol. The molecule has 0 bridgehead atoms. The number of fused-ring (bicyclic) bond motifs is 1. The molecule has 2 aliphatic heterocycles. The molecule has 0 aromatic heterocycles. The van der Waals surface area contributed by atoms with Crippen LogP contribution in [0.1, 0.15) is 36.5 Å². The Morgan fingerprint density at radius 3 is 2.88 bits per heavy atom. The zero-order chi connectivity index (χ0) is 17.3. The van der Waals surface area contributed by atoms with Crippen LogP contribution in [0.3, 0.4) is 0 Å². The van der Waals surface area contributed by atoms with Gasteiger partial charge in [-0.2, -0.15) is 0 Å². The zero-order valence-electron chi connectivity index (χ0n) is 14.1. The highest BCUT2D eigenvalue weighted by atomic mass is 16.6. The number of anilines is 1. The summed E-state index contributed by atoms with van der Waals surface area (Å²) in [4.78, 5) is 27.4. The lowest BCUT2D eigenvalue weighted by Crippen LogP contribution is -2.56. The van der Waals surface area contributed by atoms with Crippen molar-refractivity contribution in [3.8, 4) is 0 Å². The van der Waals surface area contributed by atoms with Gasteiger partial charge in [-0.15, -0.1) is 0 Å². The lowest BCUT2D eigenvalue weighted by molar-refractivity contribution is -0.385. The molecule has 0 saturated carbocycles. The first kappa shape index (κ1) is 16.7. The average molecular weight is 333 g/mol. The van der Waals surface area contributed by atoms with E-state index in [9.17, 15) is 14.9 Å². The Balaban J connectivity index is 1.95. The van der Waals surface area contributed by atoms with Crippen molar-refractivity contribution in [3.05, 3.63) is 33.9 Å². The van der Waals surface area contributed by atoms with E-state index in [-0.39, 0.29) is 11.3 Å². The zero-order valence-corrected chi connectivity index (χ0v) is 14.1. The fourth-order valence-electron chi connectivity index (χ4n) is 3.89. The molecule has 0 N–H and O–H groups in total. The van der Waals surface area contributed by atoms with Gasteiger partial charge in [-0.3, -0.25) is 15.0 Å². The number of hydrogen-bond donors (Lipinski definition) is 0. The molecule has 7 nitrogen and oxygen atoms in total. The molecular weight excluding hydrogens is 310 g/mol. The second-order valence-corrected chi connectivity index (χ2v) is 6.46. The SMILES string of the molecule is CCC1CN2CCCC2CN1c1ccc([N+](=O)[O-])c(C(=O)OC)c1. The number of carbonyl (C=O) groups is 1. The fraction of sp³-hybridized carbons (Fsp3) is 0.588. The lowest BCUT2D eigenvalue weighted by Gasteiger charge is -2.45. The molecule has 0 radical (unpaired) electrons. The minimum atomic E-state index is -0.670. The maximum Gasteiger partial charge on any atom is 0.344 e. The van der Waals surface area contributed by atoms with Crippen molar-refractivity contribution < 1.29 is 14.5 Å². The maximum absolute atomic E-state index is 12.0. The minimum Gasteiger partial charge on any atom is -0.465 e. The summed E-state index contributed by atoms with van der Waals surface area (Å²) in [6, 6.07) is 5.65. The van der Waals surface area contributed by atoms with Gasteiger partial charge in [-0.05, 0) is 37.9 Å². The van der Waals surface area contributed by atoms with Gasteiger partial charge >= 0.3 is 5.97 Å². The Labute approximate surface area is 141 Å². The van der Waals surface area contributed by atoms with Crippen molar-refractivity contribution >= 4 is 17.3 Å². The highest BCUT2D eigenvalue weighted by Gasteiger charge is 2.36. The van der Waals surface area contributed by atoms with Crippen LogP contribution in [-0.4, -0.2) is 54.6 Å². The second-order valence-electron chi connectivity index (χ2n) is 6.46. The largest absolute Gasteiger partial charge is 0.465 e. The summed E-state index contributed by atoms with van der Waals surface area (Å²) < 4.78 is 4.72. The van der Waals surface area contributed by atoms with E-state index in [2.05, 4.69) is 16.7 Å². The van der Waals surface area contributed by atoms with Crippen molar-refractivity contribution in [1.82, 2.24) is 4.90 Å². The van der Waals surface area contributed by atoms with Crippen molar-refractivity contribution in [3.63, 3.8) is 0 Å². The van der Waals surface area contributed by atoms with Crippen LogP contribution in [0.5, 0.6) is 0 Å². The summed E-state index contributed by atoms with van der Waals surface area (Å²) in [6.45, 7) is 5.21. The van der Waals surface area contributed by atoms with Crippen LogP contribution in [0.15, 0.2) is 18.2 Å². The number of nitrogens with zero attached hydrogens (tertiary/aromatic N) is 3. The van der Waals surface area contributed by atoms with E-state index in [0.29, 0.717) is 12.1 Å². The maximum atomic E-state index is 12.0. The first-order valence-electron chi connectivity index (χ1n) is 8.42. The van der Waals surface area contributed by atoms with Crippen molar-refractivity contribution in [1.29, 1.82) is 0 Å². The summed E-state index contributed by atoms with van der Waals surface area (Å²) in [5.41, 5.74) is 0.668. The van der Waals surface area contributed by atoms with Gasteiger partial charge in [-0.25, -0.2) is 4.79 Å². The van der Waals surface area contributed by atoms with E-state index < -0.39 is 10.9 Å². The van der Waals surface area contributed by atoms with Gasteiger partial charge in [0.25, 0.3) is 5.69 Å². The molecule has 3 rings (SSSR count). The number of rotatable bonds is 4. The molecule has 0 amide bonds. The fourth-order valence-corrected chi connectivity index (χ4v) is 3.89. The molecule has 2 unspecified atom stereocenters. The van der Waals surface area contributed by atoms with Gasteiger partial charge in [0.15, 0.2) is 0 Å². The number of piperazine rings is 1. The third-order valence-corrected chi connectivity index (χ3v) is 5.18. The Kier molecular flexibility index (Phi) is 4.71. The molecule has 2 atom stereocenters. The molecule has 0 spiro atoms. The third-order valence-electron chi connectivity index (χ3n) is 5.18. The molecule has 0 aliphatic carbocycles. The van der Waals surface area contributed by atoms with E-state index in [1.807, 2.05) is 0 Å².